The Balaban J connectivity index is 2.17. The van der Waals surface area contributed by atoms with Gasteiger partial charge in [-0.05, 0) is 13.3 Å². The first-order chi connectivity index (χ1) is 7.25. The molecular formula is C13H16N2. The first-order valence-electron chi connectivity index (χ1n) is 5.63. The van der Waals surface area contributed by atoms with Crippen LogP contribution in [0.3, 0.4) is 0 Å². The highest BCUT2D eigenvalue weighted by molar-refractivity contribution is 5.80. The van der Waals surface area contributed by atoms with Gasteiger partial charge in [0, 0.05) is 28.8 Å². The second-order valence-corrected chi connectivity index (χ2v) is 4.57. The van der Waals surface area contributed by atoms with Crippen molar-refractivity contribution in [1.82, 2.24) is 4.98 Å². The van der Waals surface area contributed by atoms with Crippen LogP contribution in [-0.4, -0.2) is 11.0 Å². The van der Waals surface area contributed by atoms with E-state index >= 15 is 0 Å². The molecule has 0 fully saturated rings. The van der Waals surface area contributed by atoms with Gasteiger partial charge in [0.05, 0.1) is 0 Å². The van der Waals surface area contributed by atoms with Crippen molar-refractivity contribution in [3.63, 3.8) is 0 Å². The van der Waals surface area contributed by atoms with Crippen molar-refractivity contribution < 1.29 is 0 Å². The Kier molecular flexibility index (Phi) is 1.78. The van der Waals surface area contributed by atoms with E-state index in [1.807, 2.05) is 0 Å². The van der Waals surface area contributed by atoms with Crippen molar-refractivity contribution in [3.05, 3.63) is 29.0 Å². The minimum absolute atomic E-state index is 0.428. The number of allylic oxidation sites excluding steroid dienone is 1. The summed E-state index contributed by atoms with van der Waals surface area (Å²) >= 11 is 0. The van der Waals surface area contributed by atoms with Gasteiger partial charge < -0.3 is 10.3 Å². The van der Waals surface area contributed by atoms with E-state index in [1.165, 1.54) is 22.6 Å². The van der Waals surface area contributed by atoms with Gasteiger partial charge in [-0.2, -0.15) is 0 Å². The van der Waals surface area contributed by atoms with E-state index in [2.05, 4.69) is 48.5 Å². The van der Waals surface area contributed by atoms with E-state index in [4.69, 9.17) is 0 Å². The summed E-state index contributed by atoms with van der Waals surface area (Å²) in [5.74, 6) is 1.80. The van der Waals surface area contributed by atoms with Crippen LogP contribution in [0.2, 0.25) is 0 Å². The van der Waals surface area contributed by atoms with Crippen LogP contribution < -0.4 is 5.32 Å². The largest absolute Gasteiger partial charge is 0.365 e. The normalized spacial score (nSPS) is 27.1. The minimum Gasteiger partial charge on any atom is -0.365 e. The van der Waals surface area contributed by atoms with Crippen LogP contribution in [0, 0.1) is 0 Å². The first-order valence-corrected chi connectivity index (χ1v) is 5.63. The van der Waals surface area contributed by atoms with Gasteiger partial charge in [0.25, 0.3) is 0 Å². The van der Waals surface area contributed by atoms with Gasteiger partial charge in [0.15, 0.2) is 0 Å². The van der Waals surface area contributed by atoms with Crippen LogP contribution in [0.4, 0.5) is 5.82 Å². The third-order valence-electron chi connectivity index (χ3n) is 3.30. The highest BCUT2D eigenvalue weighted by Crippen LogP contribution is 2.37. The van der Waals surface area contributed by atoms with Crippen molar-refractivity contribution in [3.8, 4) is 0 Å². The van der Waals surface area contributed by atoms with E-state index < -0.39 is 0 Å². The third-order valence-corrected chi connectivity index (χ3v) is 3.30. The summed E-state index contributed by atoms with van der Waals surface area (Å²) in [6, 6.07) is 0.428. The molecule has 0 spiro atoms. The zero-order chi connectivity index (χ0) is 10.4. The molecule has 2 N–H and O–H groups in total. The number of aromatic amines is 1. The maximum Gasteiger partial charge on any atom is 0.111 e. The lowest BCUT2D eigenvalue weighted by molar-refractivity contribution is 0.747. The lowest BCUT2D eigenvalue weighted by Gasteiger charge is -2.15. The number of anilines is 1. The minimum atomic E-state index is 0.428. The molecule has 2 aliphatic rings. The lowest BCUT2D eigenvalue weighted by atomic mass is 9.92. The predicted octanol–water partition coefficient (Wildman–Crippen LogP) is 3.36. The Morgan fingerprint density at radius 2 is 2.07 bits per heavy atom. The van der Waals surface area contributed by atoms with Crippen LogP contribution >= 0.6 is 0 Å². The molecule has 0 saturated carbocycles. The molecule has 0 radical (unpaired) electrons. The molecule has 3 rings (SSSR count). The first kappa shape index (κ1) is 8.84. The number of hydrogen-bond acceptors (Lipinski definition) is 1. The Bertz CT molecular complexity index is 451. The molecule has 0 aromatic carbocycles. The summed E-state index contributed by atoms with van der Waals surface area (Å²) in [5, 5.41) is 3.46. The average molecular weight is 200 g/mol. The zero-order valence-corrected chi connectivity index (χ0v) is 9.17. The number of nitrogens with one attached hydrogen (secondary N) is 2. The molecule has 2 heteroatoms. The van der Waals surface area contributed by atoms with E-state index in [-0.39, 0.29) is 0 Å². The Hall–Kier alpha value is -1.44. The van der Waals surface area contributed by atoms with Crippen LogP contribution in [0.1, 0.15) is 43.0 Å². The summed E-state index contributed by atoms with van der Waals surface area (Å²) in [4.78, 5) is 3.52. The third kappa shape index (κ3) is 1.24. The van der Waals surface area contributed by atoms with Crippen LogP contribution in [0.15, 0.2) is 12.2 Å². The number of H-pyrrole nitrogens is 1. The van der Waals surface area contributed by atoms with Gasteiger partial charge in [-0.1, -0.05) is 31.2 Å². The van der Waals surface area contributed by atoms with Gasteiger partial charge in [0.2, 0.25) is 0 Å². The maximum atomic E-state index is 3.52. The topological polar surface area (TPSA) is 27.8 Å². The highest BCUT2D eigenvalue weighted by Gasteiger charge is 2.22. The number of fused-ring (bicyclic) bond motifs is 3. The monoisotopic (exact) mass is 200 g/mol. The summed E-state index contributed by atoms with van der Waals surface area (Å²) in [6.45, 7) is 4.44. The number of hydrogen-bond donors (Lipinski definition) is 2. The molecule has 78 valence electrons. The van der Waals surface area contributed by atoms with Gasteiger partial charge in [-0.3, -0.25) is 0 Å². The van der Waals surface area contributed by atoms with E-state index in [0.717, 1.165) is 6.42 Å². The SMILES string of the molecule is CC1C=Cc2c([nH]c3c2C=CCC3C)N1. The molecule has 2 atom stereocenters. The maximum absolute atomic E-state index is 3.52. The summed E-state index contributed by atoms with van der Waals surface area (Å²) < 4.78 is 0. The molecular weight excluding hydrogens is 184 g/mol. The van der Waals surface area contributed by atoms with Crippen molar-refractivity contribution >= 4 is 18.0 Å². The molecule has 1 aliphatic carbocycles. The molecule has 0 amide bonds. The number of aromatic nitrogens is 1. The summed E-state index contributed by atoms with van der Waals surface area (Å²) in [5.41, 5.74) is 4.08. The smallest absolute Gasteiger partial charge is 0.111 e. The average Bonchev–Trinajstić information content (AvgIpc) is 2.57. The Labute approximate surface area is 90.1 Å². The van der Waals surface area contributed by atoms with Crippen LogP contribution in [-0.2, 0) is 0 Å². The second-order valence-electron chi connectivity index (χ2n) is 4.57. The second kappa shape index (κ2) is 3.02. The van der Waals surface area contributed by atoms with Crippen molar-refractivity contribution in [2.24, 2.45) is 0 Å². The van der Waals surface area contributed by atoms with E-state index in [9.17, 15) is 0 Å². The van der Waals surface area contributed by atoms with Crippen molar-refractivity contribution in [2.75, 3.05) is 5.32 Å². The molecule has 1 aliphatic heterocycles. The zero-order valence-electron chi connectivity index (χ0n) is 9.17. The Morgan fingerprint density at radius 1 is 1.20 bits per heavy atom. The molecule has 2 nitrogen and oxygen atoms in total. The predicted molar refractivity (Wildman–Crippen MR) is 65.0 cm³/mol. The molecule has 0 bridgehead atoms. The molecule has 2 heterocycles. The molecule has 1 aromatic heterocycles. The summed E-state index contributed by atoms with van der Waals surface area (Å²) in [7, 11) is 0. The molecule has 2 unspecified atom stereocenters. The highest BCUT2D eigenvalue weighted by atomic mass is 15.0. The summed E-state index contributed by atoms with van der Waals surface area (Å²) in [6.07, 6.45) is 10.1. The lowest BCUT2D eigenvalue weighted by Crippen LogP contribution is -2.15. The molecule has 1 aromatic rings. The molecule has 0 saturated heterocycles. The van der Waals surface area contributed by atoms with E-state index in [0.29, 0.717) is 12.0 Å². The molecule has 15 heavy (non-hydrogen) atoms. The van der Waals surface area contributed by atoms with Gasteiger partial charge in [-0.15, -0.1) is 0 Å². The van der Waals surface area contributed by atoms with Gasteiger partial charge in [-0.25, -0.2) is 0 Å². The van der Waals surface area contributed by atoms with E-state index in [1.54, 1.807) is 0 Å². The fourth-order valence-electron chi connectivity index (χ4n) is 2.43. The quantitative estimate of drug-likeness (QED) is 0.660. The fraction of sp³-hybridized carbons (Fsp3) is 0.385. The van der Waals surface area contributed by atoms with Crippen LogP contribution in [0.5, 0.6) is 0 Å². The van der Waals surface area contributed by atoms with Gasteiger partial charge >= 0.3 is 0 Å². The van der Waals surface area contributed by atoms with Crippen molar-refractivity contribution in [2.45, 2.75) is 32.2 Å². The fourth-order valence-corrected chi connectivity index (χ4v) is 2.43. The Morgan fingerprint density at radius 3 is 2.93 bits per heavy atom. The standard InChI is InChI=1S/C13H16N2/c1-8-4-3-5-10-11-7-6-9(2)14-13(11)15-12(8)10/h3,5-9,14-15H,4H2,1-2H3. The number of rotatable bonds is 0. The van der Waals surface area contributed by atoms with Gasteiger partial charge in [0.1, 0.15) is 5.82 Å². The van der Waals surface area contributed by atoms with Crippen LogP contribution in [0.25, 0.3) is 12.2 Å². The van der Waals surface area contributed by atoms with Crippen molar-refractivity contribution in [1.29, 1.82) is 0 Å².